The Morgan fingerprint density at radius 1 is 1.32 bits per heavy atom. The van der Waals surface area contributed by atoms with E-state index >= 15 is 0 Å². The number of amides is 1. The Labute approximate surface area is 146 Å². The Kier molecular flexibility index (Phi) is 4.40. The van der Waals surface area contributed by atoms with Crippen LogP contribution in [0.5, 0.6) is 0 Å². The lowest BCUT2D eigenvalue weighted by Crippen LogP contribution is -2.14. The molecule has 0 saturated heterocycles. The normalized spacial score (nSPS) is 10.5. The van der Waals surface area contributed by atoms with Gasteiger partial charge in [0.2, 0.25) is 0 Å². The van der Waals surface area contributed by atoms with Crippen molar-refractivity contribution in [3.05, 3.63) is 69.0 Å². The second-order valence-corrected chi connectivity index (χ2v) is 5.49. The second-order valence-electron chi connectivity index (χ2n) is 5.08. The molecule has 0 bridgehead atoms. The molecular weight excluding hydrogens is 348 g/mol. The Bertz CT molecular complexity index is 958. The third-order valence-electron chi connectivity index (χ3n) is 3.55. The molecule has 0 saturated carbocycles. The SMILES string of the molecule is Cc1c(NC(=O)c2ccc(Cl)c([N+](=O)[O-])c2)cccc1-n1cnnn1. The summed E-state index contributed by atoms with van der Waals surface area (Å²) in [4.78, 5) is 22.7. The summed E-state index contributed by atoms with van der Waals surface area (Å²) in [7, 11) is 0. The molecule has 10 heteroatoms. The number of halogens is 1. The fourth-order valence-corrected chi connectivity index (χ4v) is 2.45. The van der Waals surface area contributed by atoms with Crippen molar-refractivity contribution in [2.24, 2.45) is 0 Å². The third kappa shape index (κ3) is 3.31. The number of nitro benzene ring substituents is 1. The zero-order valence-corrected chi connectivity index (χ0v) is 13.6. The topological polar surface area (TPSA) is 116 Å². The molecular formula is C15H11ClN6O3. The minimum atomic E-state index is -0.636. The number of nitrogens with zero attached hydrogens (tertiary/aromatic N) is 5. The lowest BCUT2D eigenvalue weighted by atomic mass is 10.1. The van der Waals surface area contributed by atoms with E-state index < -0.39 is 10.8 Å². The molecule has 1 heterocycles. The van der Waals surface area contributed by atoms with Crippen LogP contribution < -0.4 is 5.32 Å². The first-order valence-corrected chi connectivity index (χ1v) is 7.43. The van der Waals surface area contributed by atoms with E-state index in [-0.39, 0.29) is 16.3 Å². The van der Waals surface area contributed by atoms with Crippen molar-refractivity contribution in [3.63, 3.8) is 0 Å². The molecule has 3 rings (SSSR count). The first-order chi connectivity index (χ1) is 12.0. The van der Waals surface area contributed by atoms with Crippen LogP contribution in [0.1, 0.15) is 15.9 Å². The molecule has 0 unspecified atom stereocenters. The van der Waals surface area contributed by atoms with Gasteiger partial charge in [-0.2, -0.15) is 0 Å². The van der Waals surface area contributed by atoms with Gasteiger partial charge >= 0.3 is 0 Å². The average Bonchev–Trinajstić information content (AvgIpc) is 3.11. The summed E-state index contributed by atoms with van der Waals surface area (Å²) in [6, 6.07) is 9.13. The standard InChI is InChI=1S/C15H11ClN6O3/c1-9-12(3-2-4-13(9)21-8-17-19-20-21)18-15(23)10-5-6-11(16)14(7-10)22(24)25/h2-8H,1H3,(H,18,23). The van der Waals surface area contributed by atoms with E-state index in [1.165, 1.54) is 23.1 Å². The van der Waals surface area contributed by atoms with Crippen molar-refractivity contribution < 1.29 is 9.72 Å². The van der Waals surface area contributed by atoms with Crippen LogP contribution in [0.25, 0.3) is 5.69 Å². The minimum Gasteiger partial charge on any atom is -0.322 e. The molecule has 0 aliphatic carbocycles. The lowest BCUT2D eigenvalue weighted by molar-refractivity contribution is -0.384. The van der Waals surface area contributed by atoms with Gasteiger partial charge in [-0.05, 0) is 47.2 Å². The number of tetrazole rings is 1. The summed E-state index contributed by atoms with van der Waals surface area (Å²) in [6.45, 7) is 1.80. The van der Waals surface area contributed by atoms with Crippen molar-refractivity contribution in [2.45, 2.75) is 6.92 Å². The average molecular weight is 359 g/mol. The van der Waals surface area contributed by atoms with Crippen molar-refractivity contribution >= 4 is 28.9 Å². The van der Waals surface area contributed by atoms with Crippen LogP contribution in [0.15, 0.2) is 42.7 Å². The highest BCUT2D eigenvalue weighted by molar-refractivity contribution is 6.32. The number of aromatic nitrogens is 4. The molecule has 0 spiro atoms. The molecule has 1 amide bonds. The fourth-order valence-electron chi connectivity index (χ4n) is 2.27. The Balaban J connectivity index is 1.91. The molecule has 2 aromatic carbocycles. The molecule has 25 heavy (non-hydrogen) atoms. The maximum Gasteiger partial charge on any atom is 0.288 e. The van der Waals surface area contributed by atoms with Crippen molar-refractivity contribution in [1.82, 2.24) is 20.2 Å². The van der Waals surface area contributed by atoms with Gasteiger partial charge in [0.25, 0.3) is 11.6 Å². The first kappa shape index (κ1) is 16.5. The Morgan fingerprint density at radius 2 is 2.12 bits per heavy atom. The van der Waals surface area contributed by atoms with Gasteiger partial charge in [-0.25, -0.2) is 4.68 Å². The molecule has 0 fully saturated rings. The maximum atomic E-state index is 12.4. The molecule has 3 aromatic rings. The van der Waals surface area contributed by atoms with Gasteiger partial charge in [0.1, 0.15) is 11.3 Å². The van der Waals surface area contributed by atoms with Gasteiger partial charge < -0.3 is 5.32 Å². The molecule has 0 radical (unpaired) electrons. The minimum absolute atomic E-state index is 0.0292. The van der Waals surface area contributed by atoms with Crippen LogP contribution in [0.4, 0.5) is 11.4 Å². The number of carbonyl (C=O) groups is 1. The van der Waals surface area contributed by atoms with Gasteiger partial charge in [-0.1, -0.05) is 17.7 Å². The fraction of sp³-hybridized carbons (Fsp3) is 0.0667. The van der Waals surface area contributed by atoms with Crippen LogP contribution in [0.2, 0.25) is 5.02 Å². The van der Waals surface area contributed by atoms with Crippen molar-refractivity contribution in [1.29, 1.82) is 0 Å². The Morgan fingerprint density at radius 3 is 2.80 bits per heavy atom. The predicted octanol–water partition coefficient (Wildman–Crippen LogP) is 2.78. The summed E-state index contributed by atoms with van der Waals surface area (Å²) in [5.41, 5.74) is 1.78. The van der Waals surface area contributed by atoms with Crippen LogP contribution in [0.3, 0.4) is 0 Å². The molecule has 1 N–H and O–H groups in total. The summed E-state index contributed by atoms with van der Waals surface area (Å²) >= 11 is 5.76. The van der Waals surface area contributed by atoms with Crippen LogP contribution in [-0.2, 0) is 0 Å². The van der Waals surface area contributed by atoms with Gasteiger partial charge in [-0.3, -0.25) is 14.9 Å². The highest BCUT2D eigenvalue weighted by Crippen LogP contribution is 2.26. The summed E-state index contributed by atoms with van der Waals surface area (Å²) in [5, 5.41) is 24.6. The number of benzene rings is 2. The van der Waals surface area contributed by atoms with Gasteiger partial charge in [0.05, 0.1) is 10.6 Å². The van der Waals surface area contributed by atoms with Crippen LogP contribution in [-0.4, -0.2) is 31.0 Å². The highest BCUT2D eigenvalue weighted by atomic mass is 35.5. The van der Waals surface area contributed by atoms with E-state index in [2.05, 4.69) is 20.8 Å². The number of rotatable bonds is 4. The van der Waals surface area contributed by atoms with Crippen molar-refractivity contribution in [3.8, 4) is 5.69 Å². The molecule has 0 aliphatic heterocycles. The first-order valence-electron chi connectivity index (χ1n) is 7.05. The van der Waals surface area contributed by atoms with Gasteiger partial charge in [0, 0.05) is 17.3 Å². The third-order valence-corrected chi connectivity index (χ3v) is 3.87. The van der Waals surface area contributed by atoms with Crippen molar-refractivity contribution in [2.75, 3.05) is 5.32 Å². The van der Waals surface area contributed by atoms with E-state index in [0.29, 0.717) is 11.4 Å². The van der Waals surface area contributed by atoms with Crippen LogP contribution >= 0.6 is 11.6 Å². The molecule has 126 valence electrons. The van der Waals surface area contributed by atoms with E-state index in [1.54, 1.807) is 25.1 Å². The van der Waals surface area contributed by atoms with E-state index in [4.69, 9.17) is 11.6 Å². The quantitative estimate of drug-likeness (QED) is 0.566. The summed E-state index contributed by atoms with van der Waals surface area (Å²) in [6.07, 6.45) is 1.44. The smallest absolute Gasteiger partial charge is 0.288 e. The maximum absolute atomic E-state index is 12.4. The largest absolute Gasteiger partial charge is 0.322 e. The number of hydrogen-bond acceptors (Lipinski definition) is 6. The lowest BCUT2D eigenvalue weighted by Gasteiger charge is -2.12. The zero-order valence-electron chi connectivity index (χ0n) is 12.9. The Hall–Kier alpha value is -3.33. The van der Waals surface area contributed by atoms with Crippen LogP contribution in [0, 0.1) is 17.0 Å². The number of carbonyl (C=O) groups excluding carboxylic acids is 1. The number of nitro groups is 1. The number of anilines is 1. The summed E-state index contributed by atoms with van der Waals surface area (Å²) < 4.78 is 1.47. The molecule has 1 aromatic heterocycles. The second kappa shape index (κ2) is 6.65. The zero-order chi connectivity index (χ0) is 18.0. The predicted molar refractivity (Wildman–Crippen MR) is 90.0 cm³/mol. The van der Waals surface area contributed by atoms with E-state index in [1.807, 2.05) is 0 Å². The molecule has 0 aliphatic rings. The van der Waals surface area contributed by atoms with E-state index in [9.17, 15) is 14.9 Å². The number of nitrogens with one attached hydrogen (secondary N) is 1. The van der Waals surface area contributed by atoms with Gasteiger partial charge in [0.15, 0.2) is 0 Å². The monoisotopic (exact) mass is 358 g/mol. The molecule has 9 nitrogen and oxygen atoms in total. The summed E-state index contributed by atoms with van der Waals surface area (Å²) in [5.74, 6) is -0.489. The van der Waals surface area contributed by atoms with Gasteiger partial charge in [-0.15, -0.1) is 5.10 Å². The van der Waals surface area contributed by atoms with E-state index in [0.717, 1.165) is 11.6 Å². The number of hydrogen-bond donors (Lipinski definition) is 1. The highest BCUT2D eigenvalue weighted by Gasteiger charge is 2.17. The molecule has 0 atom stereocenters.